The lowest BCUT2D eigenvalue weighted by Gasteiger charge is -2.03. The molecule has 0 fully saturated rings. The largest absolute Gasteiger partial charge is 0.497 e. The van der Waals surface area contributed by atoms with Crippen molar-refractivity contribution >= 4 is 29.3 Å². The predicted molar refractivity (Wildman–Crippen MR) is 83.9 cm³/mol. The van der Waals surface area contributed by atoms with Crippen LogP contribution in [0.5, 0.6) is 5.75 Å². The Morgan fingerprint density at radius 1 is 1.33 bits per heavy atom. The van der Waals surface area contributed by atoms with Gasteiger partial charge in [0.1, 0.15) is 10.8 Å². The molecular formula is C14H16N2O3S2. The smallest absolute Gasteiger partial charge is 0.306 e. The van der Waals surface area contributed by atoms with E-state index in [1.165, 1.54) is 23.3 Å². The Labute approximate surface area is 131 Å². The van der Waals surface area contributed by atoms with Crippen molar-refractivity contribution < 1.29 is 14.3 Å². The molecule has 0 N–H and O–H groups in total. The summed E-state index contributed by atoms with van der Waals surface area (Å²) in [6, 6.07) is 7.76. The monoisotopic (exact) mass is 324 g/mol. The zero-order chi connectivity index (χ0) is 15.1. The van der Waals surface area contributed by atoms with Gasteiger partial charge >= 0.3 is 5.97 Å². The van der Waals surface area contributed by atoms with E-state index >= 15 is 0 Å². The number of hydrogen-bond acceptors (Lipinski definition) is 7. The van der Waals surface area contributed by atoms with Gasteiger partial charge in [-0.25, -0.2) is 0 Å². The lowest BCUT2D eigenvalue weighted by molar-refractivity contribution is -0.142. The van der Waals surface area contributed by atoms with Crippen LogP contribution < -0.4 is 4.74 Å². The second-order valence-electron chi connectivity index (χ2n) is 4.04. The zero-order valence-electron chi connectivity index (χ0n) is 11.9. The molecule has 1 heterocycles. The fraction of sp³-hybridized carbons (Fsp3) is 0.357. The molecule has 0 bridgehead atoms. The molecule has 21 heavy (non-hydrogen) atoms. The van der Waals surface area contributed by atoms with Gasteiger partial charge in [-0.05, 0) is 48.3 Å². The van der Waals surface area contributed by atoms with Crippen LogP contribution >= 0.6 is 23.3 Å². The summed E-state index contributed by atoms with van der Waals surface area (Å²) in [5, 5.41) is 4.97. The highest BCUT2D eigenvalue weighted by Crippen LogP contribution is 2.33. The molecule has 0 radical (unpaired) electrons. The van der Waals surface area contributed by atoms with Crippen molar-refractivity contribution in [3.05, 3.63) is 24.3 Å². The van der Waals surface area contributed by atoms with E-state index in [1.54, 1.807) is 14.0 Å². The summed E-state index contributed by atoms with van der Waals surface area (Å²) in [5.41, 5.74) is 1.05. The molecule has 0 unspecified atom stereocenters. The number of carbonyl (C=O) groups excluding carboxylic acids is 1. The maximum Gasteiger partial charge on any atom is 0.306 e. The van der Waals surface area contributed by atoms with Gasteiger partial charge in [0.05, 0.1) is 25.0 Å². The van der Waals surface area contributed by atoms with E-state index < -0.39 is 0 Å². The van der Waals surface area contributed by atoms with E-state index in [4.69, 9.17) is 9.47 Å². The molecule has 5 nitrogen and oxygen atoms in total. The molecule has 7 heteroatoms. The molecule has 0 spiro atoms. The third kappa shape index (κ3) is 4.44. The molecule has 2 rings (SSSR count). The van der Waals surface area contributed by atoms with E-state index in [2.05, 4.69) is 9.59 Å². The summed E-state index contributed by atoms with van der Waals surface area (Å²) in [6.45, 7) is 2.22. The average molecular weight is 324 g/mol. The van der Waals surface area contributed by atoms with Gasteiger partial charge in [0.25, 0.3) is 0 Å². The Morgan fingerprint density at radius 2 is 2.10 bits per heavy atom. The van der Waals surface area contributed by atoms with Gasteiger partial charge < -0.3 is 9.47 Å². The average Bonchev–Trinajstić information content (AvgIpc) is 2.96. The Hall–Kier alpha value is -1.60. The quantitative estimate of drug-likeness (QED) is 0.575. The highest BCUT2D eigenvalue weighted by molar-refractivity contribution is 7.99. The van der Waals surface area contributed by atoms with Gasteiger partial charge in [0, 0.05) is 5.75 Å². The molecule has 0 aliphatic carbocycles. The number of esters is 1. The first-order chi connectivity index (χ1) is 10.2. The van der Waals surface area contributed by atoms with Gasteiger partial charge in [-0.3, -0.25) is 4.79 Å². The summed E-state index contributed by atoms with van der Waals surface area (Å²) in [4.78, 5) is 12.3. The first-order valence-electron chi connectivity index (χ1n) is 6.49. The zero-order valence-corrected chi connectivity index (χ0v) is 13.5. The Morgan fingerprint density at radius 3 is 2.76 bits per heavy atom. The van der Waals surface area contributed by atoms with Gasteiger partial charge in [0.15, 0.2) is 0 Å². The molecule has 1 aromatic heterocycles. The van der Waals surface area contributed by atoms with E-state index in [9.17, 15) is 4.79 Å². The molecule has 0 aliphatic heterocycles. The van der Waals surface area contributed by atoms with Crippen LogP contribution in [0.3, 0.4) is 0 Å². The van der Waals surface area contributed by atoms with Gasteiger partial charge in [-0.15, -0.1) is 16.9 Å². The molecular weight excluding hydrogens is 308 g/mol. The third-order valence-corrected chi connectivity index (χ3v) is 4.53. The minimum absolute atomic E-state index is 0.181. The van der Waals surface area contributed by atoms with Crippen LogP contribution in [-0.2, 0) is 9.53 Å². The molecule has 0 saturated carbocycles. The number of ether oxygens (including phenoxy) is 2. The number of hydrogen-bond donors (Lipinski definition) is 0. The summed E-state index contributed by atoms with van der Waals surface area (Å²) >= 11 is 2.86. The van der Waals surface area contributed by atoms with Gasteiger partial charge in [-0.1, -0.05) is 4.49 Å². The Bertz CT molecular complexity index is 584. The second-order valence-corrected chi connectivity index (χ2v) is 5.88. The van der Waals surface area contributed by atoms with E-state index in [1.807, 2.05) is 24.3 Å². The van der Waals surface area contributed by atoms with Crippen molar-refractivity contribution in [1.82, 2.24) is 9.59 Å². The second kappa shape index (κ2) is 7.99. The van der Waals surface area contributed by atoms with Crippen molar-refractivity contribution in [1.29, 1.82) is 0 Å². The minimum Gasteiger partial charge on any atom is -0.497 e. The molecule has 0 aliphatic rings. The van der Waals surface area contributed by atoms with Crippen LogP contribution in [0.25, 0.3) is 10.4 Å². The van der Waals surface area contributed by atoms with Gasteiger partial charge in [0.2, 0.25) is 0 Å². The van der Waals surface area contributed by atoms with Crippen molar-refractivity contribution in [3.8, 4) is 16.2 Å². The molecule has 0 atom stereocenters. The number of aromatic nitrogens is 2. The number of thioether (sulfide) groups is 1. The Kier molecular flexibility index (Phi) is 6.01. The SMILES string of the molecule is CCOC(=O)CCSc1nnsc1-c1ccc(OC)cc1. The molecule has 1 aromatic carbocycles. The van der Waals surface area contributed by atoms with Crippen LogP contribution in [0, 0.1) is 0 Å². The fourth-order valence-electron chi connectivity index (χ4n) is 1.66. The number of methoxy groups -OCH3 is 1. The first kappa shape index (κ1) is 15.8. The van der Waals surface area contributed by atoms with Crippen molar-refractivity contribution in [2.75, 3.05) is 19.5 Å². The first-order valence-corrected chi connectivity index (χ1v) is 8.25. The van der Waals surface area contributed by atoms with Crippen LogP contribution in [-0.4, -0.2) is 35.0 Å². The summed E-state index contributed by atoms with van der Waals surface area (Å²) in [5.74, 6) is 1.26. The topological polar surface area (TPSA) is 61.3 Å². The van der Waals surface area contributed by atoms with E-state index in [0.717, 1.165) is 21.2 Å². The Balaban J connectivity index is 1.99. The lowest BCUT2D eigenvalue weighted by atomic mass is 10.2. The summed E-state index contributed by atoms with van der Waals surface area (Å²) in [6.07, 6.45) is 0.373. The van der Waals surface area contributed by atoms with Gasteiger partial charge in [-0.2, -0.15) is 0 Å². The molecule has 112 valence electrons. The molecule has 0 saturated heterocycles. The van der Waals surface area contributed by atoms with Crippen molar-refractivity contribution in [3.63, 3.8) is 0 Å². The normalized spacial score (nSPS) is 10.4. The number of rotatable bonds is 7. The van der Waals surface area contributed by atoms with Crippen molar-refractivity contribution in [2.45, 2.75) is 18.4 Å². The van der Waals surface area contributed by atoms with E-state index in [-0.39, 0.29) is 5.97 Å². The highest BCUT2D eigenvalue weighted by Gasteiger charge is 2.12. The lowest BCUT2D eigenvalue weighted by Crippen LogP contribution is -2.04. The van der Waals surface area contributed by atoms with Crippen LogP contribution in [0.15, 0.2) is 29.3 Å². The number of nitrogens with zero attached hydrogens (tertiary/aromatic N) is 2. The molecule has 2 aromatic rings. The maximum atomic E-state index is 11.3. The fourth-order valence-corrected chi connectivity index (χ4v) is 3.37. The maximum absolute atomic E-state index is 11.3. The third-order valence-electron chi connectivity index (χ3n) is 2.66. The minimum atomic E-state index is -0.181. The van der Waals surface area contributed by atoms with Crippen LogP contribution in [0.2, 0.25) is 0 Å². The van der Waals surface area contributed by atoms with E-state index in [0.29, 0.717) is 18.8 Å². The van der Waals surface area contributed by atoms with Crippen LogP contribution in [0.4, 0.5) is 0 Å². The van der Waals surface area contributed by atoms with Crippen molar-refractivity contribution in [2.24, 2.45) is 0 Å². The number of carbonyl (C=O) groups is 1. The highest BCUT2D eigenvalue weighted by atomic mass is 32.2. The standard InChI is InChI=1S/C14H16N2O3S2/c1-3-19-12(17)8-9-20-14-13(21-16-15-14)10-4-6-11(18-2)7-5-10/h4-7H,3,8-9H2,1-2H3. The molecule has 0 amide bonds. The summed E-state index contributed by atoms with van der Waals surface area (Å²) in [7, 11) is 1.64. The predicted octanol–water partition coefficient (Wildman–Crippen LogP) is 3.26. The number of benzene rings is 1. The van der Waals surface area contributed by atoms with Crippen LogP contribution in [0.1, 0.15) is 13.3 Å². The summed E-state index contributed by atoms with van der Waals surface area (Å²) < 4.78 is 14.0.